The number of nitrogens with zero attached hydrogens (tertiary/aromatic N) is 1. The predicted octanol–water partition coefficient (Wildman–Crippen LogP) is 5.11. The average molecular weight is 468 g/mol. The zero-order chi connectivity index (χ0) is 24.3. The summed E-state index contributed by atoms with van der Waals surface area (Å²) >= 11 is 0. The molecule has 1 aliphatic rings. The van der Waals surface area contributed by atoms with Crippen molar-refractivity contribution in [3.8, 4) is 5.75 Å². The molecule has 176 valence electrons. The van der Waals surface area contributed by atoms with Crippen molar-refractivity contribution in [3.63, 3.8) is 0 Å². The van der Waals surface area contributed by atoms with E-state index in [0.717, 1.165) is 0 Å². The maximum atomic E-state index is 14.2. The van der Waals surface area contributed by atoms with Crippen molar-refractivity contribution in [3.05, 3.63) is 70.1 Å². The van der Waals surface area contributed by atoms with Gasteiger partial charge in [-0.2, -0.15) is 22.3 Å². The number of fused-ring (bicyclic) bond motifs is 2. The minimum Gasteiger partial charge on any atom is -0.618 e. The number of alkyl halides is 3. The molecule has 2 aromatic carbocycles. The molecule has 1 heterocycles. The van der Waals surface area contributed by atoms with Crippen molar-refractivity contribution in [2.75, 3.05) is 5.32 Å². The normalized spacial score (nSPS) is 22.9. The van der Waals surface area contributed by atoms with E-state index in [1.165, 1.54) is 37.3 Å². The Hall–Kier alpha value is -3.14. The molecule has 4 rings (SSSR count). The van der Waals surface area contributed by atoms with E-state index in [9.17, 15) is 37.4 Å². The van der Waals surface area contributed by atoms with Crippen LogP contribution in [0, 0.1) is 23.8 Å². The maximum absolute atomic E-state index is 14.2. The molecule has 0 radical (unpaired) electrons. The fraction of sp³-hybridized carbons (Fsp3) is 0.348. The largest absolute Gasteiger partial charge is 0.618 e. The van der Waals surface area contributed by atoms with E-state index in [1.807, 2.05) is 0 Å². The Bertz CT molecular complexity index is 1250. The molecule has 0 amide bonds. The Morgan fingerprint density at radius 3 is 2.55 bits per heavy atom. The second-order valence-electron chi connectivity index (χ2n) is 8.34. The lowest BCUT2D eigenvalue weighted by atomic mass is 9.69. The van der Waals surface area contributed by atoms with E-state index < -0.39 is 53.1 Å². The third-order valence-electron chi connectivity index (χ3n) is 6.42. The van der Waals surface area contributed by atoms with E-state index in [1.54, 1.807) is 6.92 Å². The van der Waals surface area contributed by atoms with E-state index in [4.69, 9.17) is 0 Å². The van der Waals surface area contributed by atoms with Crippen LogP contribution in [0.5, 0.6) is 5.75 Å². The summed E-state index contributed by atoms with van der Waals surface area (Å²) in [6.45, 7) is 3.09. The molecule has 0 saturated heterocycles. The van der Waals surface area contributed by atoms with Crippen molar-refractivity contribution in [2.45, 2.75) is 50.4 Å². The number of halogens is 5. The lowest BCUT2D eigenvalue weighted by Gasteiger charge is -2.45. The summed E-state index contributed by atoms with van der Waals surface area (Å²) in [7, 11) is 0. The number of anilines is 1. The summed E-state index contributed by atoms with van der Waals surface area (Å²) in [6.07, 6.45) is -5.97. The van der Waals surface area contributed by atoms with Crippen LogP contribution in [0.1, 0.15) is 48.5 Å². The minimum absolute atomic E-state index is 0.0421. The van der Waals surface area contributed by atoms with Crippen molar-refractivity contribution >= 4 is 16.6 Å². The van der Waals surface area contributed by atoms with Gasteiger partial charge in [-0.1, -0.05) is 13.0 Å². The smallest absolute Gasteiger partial charge is 0.419 e. The number of nitrogens with one attached hydrogen (secondary N) is 1. The zero-order valence-electron chi connectivity index (χ0n) is 17.7. The molecule has 0 aliphatic heterocycles. The van der Waals surface area contributed by atoms with Gasteiger partial charge in [0.25, 0.3) is 0 Å². The molecular weight excluding hydrogens is 447 g/mol. The van der Waals surface area contributed by atoms with E-state index in [0.29, 0.717) is 16.5 Å². The van der Waals surface area contributed by atoms with Crippen LogP contribution in [0.25, 0.3) is 10.9 Å². The molecule has 0 saturated carbocycles. The van der Waals surface area contributed by atoms with Crippen LogP contribution in [0.3, 0.4) is 0 Å². The molecular formula is C23H21F5N2O3. The van der Waals surface area contributed by atoms with Crippen molar-refractivity contribution < 1.29 is 36.9 Å². The Morgan fingerprint density at radius 1 is 1.21 bits per heavy atom. The van der Waals surface area contributed by atoms with E-state index in [-0.39, 0.29) is 28.6 Å². The van der Waals surface area contributed by atoms with Crippen LogP contribution in [0.2, 0.25) is 0 Å². The fourth-order valence-corrected chi connectivity index (χ4v) is 4.64. The van der Waals surface area contributed by atoms with Crippen molar-refractivity contribution in [1.82, 2.24) is 0 Å². The quantitative estimate of drug-likeness (QED) is 0.284. The van der Waals surface area contributed by atoms with Gasteiger partial charge in [-0.05, 0) is 42.5 Å². The first-order valence-electron chi connectivity index (χ1n) is 10.3. The van der Waals surface area contributed by atoms with Crippen LogP contribution in [0.4, 0.5) is 27.6 Å². The first-order chi connectivity index (χ1) is 15.4. The number of benzene rings is 2. The van der Waals surface area contributed by atoms with Gasteiger partial charge in [0, 0.05) is 30.3 Å². The van der Waals surface area contributed by atoms with E-state index >= 15 is 0 Å². The summed E-state index contributed by atoms with van der Waals surface area (Å²) in [5, 5.41) is 36.5. The highest BCUT2D eigenvalue weighted by Gasteiger charge is 2.62. The lowest BCUT2D eigenvalue weighted by molar-refractivity contribution is -0.584. The van der Waals surface area contributed by atoms with Gasteiger partial charge < -0.3 is 20.7 Å². The van der Waals surface area contributed by atoms with Crippen LogP contribution in [-0.4, -0.2) is 22.0 Å². The van der Waals surface area contributed by atoms with Gasteiger partial charge in [-0.3, -0.25) is 0 Å². The molecule has 0 unspecified atom stereocenters. The summed E-state index contributed by atoms with van der Waals surface area (Å²) in [5.74, 6) is -5.24. The fourth-order valence-electron chi connectivity index (χ4n) is 4.64. The van der Waals surface area contributed by atoms with Gasteiger partial charge in [0.15, 0.2) is 22.9 Å². The number of aromatic hydroxyl groups is 1. The number of phenolic OH excluding ortho intramolecular Hbond substituents is 1. The molecule has 5 nitrogen and oxygen atoms in total. The summed E-state index contributed by atoms with van der Waals surface area (Å²) < 4.78 is 71.6. The van der Waals surface area contributed by atoms with Gasteiger partial charge in [-0.15, -0.1) is 0 Å². The number of hydrogen-bond acceptors (Lipinski definition) is 4. The molecule has 3 atom stereocenters. The van der Waals surface area contributed by atoms with Gasteiger partial charge in [-0.25, -0.2) is 4.39 Å². The minimum atomic E-state index is -5.14. The number of aliphatic hydroxyl groups is 1. The topological polar surface area (TPSA) is 79.4 Å². The predicted molar refractivity (Wildman–Crippen MR) is 111 cm³/mol. The Balaban J connectivity index is 1.97. The standard InChI is InChI=1S/C23H21F5N2O3/c1-3-12-10-22(32,23(26,27)28)21(14-9-15(24)19(25)20(31)18(12)14)29-16-5-4-6-17-13(16)8-7-11(2)30(17)33/h4-9,12,21,29,31-32H,3,10H2,1-2H3/t12-,21+,22-/m1/s1. The SMILES string of the molecule is CC[C@@H]1C[C@](O)(C(F)(F)F)[C@@H](Nc2cccc3c2ccc(C)[n+]3[O-])c2cc(F)c(F)c(O)c21. The lowest BCUT2D eigenvalue weighted by Crippen LogP contribution is -2.55. The third kappa shape index (κ3) is 3.43. The summed E-state index contributed by atoms with van der Waals surface area (Å²) in [5.41, 5.74) is -3.33. The third-order valence-corrected chi connectivity index (χ3v) is 6.42. The highest BCUT2D eigenvalue weighted by molar-refractivity contribution is 5.90. The number of hydrogen-bond donors (Lipinski definition) is 3. The monoisotopic (exact) mass is 468 g/mol. The number of rotatable bonds is 3. The highest BCUT2D eigenvalue weighted by Crippen LogP contribution is 2.55. The molecule has 0 fully saturated rings. The van der Waals surface area contributed by atoms with Gasteiger partial charge in [0.1, 0.15) is 0 Å². The first kappa shape index (κ1) is 23.0. The molecule has 10 heteroatoms. The van der Waals surface area contributed by atoms with Gasteiger partial charge >= 0.3 is 6.18 Å². The molecule has 33 heavy (non-hydrogen) atoms. The Morgan fingerprint density at radius 2 is 1.91 bits per heavy atom. The molecule has 1 aromatic heterocycles. The molecule has 0 spiro atoms. The van der Waals surface area contributed by atoms with Crippen LogP contribution < -0.4 is 10.0 Å². The second kappa shape index (κ2) is 7.72. The highest BCUT2D eigenvalue weighted by atomic mass is 19.4. The van der Waals surface area contributed by atoms with Gasteiger partial charge in [0.2, 0.25) is 11.3 Å². The Kier molecular flexibility index (Phi) is 5.39. The molecule has 3 N–H and O–H groups in total. The summed E-state index contributed by atoms with van der Waals surface area (Å²) in [6, 6.07) is 5.97. The summed E-state index contributed by atoms with van der Waals surface area (Å²) in [4.78, 5) is 0. The van der Waals surface area contributed by atoms with Crippen LogP contribution >= 0.6 is 0 Å². The zero-order valence-corrected chi connectivity index (χ0v) is 17.7. The average Bonchev–Trinajstić information content (AvgIpc) is 2.75. The van der Waals surface area contributed by atoms with Gasteiger partial charge in [0.05, 0.1) is 11.4 Å². The number of phenols is 1. The molecule has 0 bridgehead atoms. The Labute approximate surface area is 185 Å². The van der Waals surface area contributed by atoms with E-state index in [2.05, 4.69) is 5.32 Å². The second-order valence-corrected chi connectivity index (χ2v) is 8.34. The van der Waals surface area contributed by atoms with Crippen LogP contribution in [0.15, 0.2) is 36.4 Å². The molecule has 3 aromatic rings. The number of aromatic nitrogens is 1. The van der Waals surface area contributed by atoms with Crippen molar-refractivity contribution in [2.24, 2.45) is 0 Å². The number of aryl methyl sites for hydroxylation is 1. The van der Waals surface area contributed by atoms with Crippen LogP contribution in [-0.2, 0) is 0 Å². The maximum Gasteiger partial charge on any atom is 0.419 e. The molecule has 1 aliphatic carbocycles. The van der Waals surface area contributed by atoms with Crippen molar-refractivity contribution in [1.29, 1.82) is 0 Å². The number of pyridine rings is 1. The first-order valence-corrected chi connectivity index (χ1v) is 10.3.